The van der Waals surface area contributed by atoms with Crippen molar-refractivity contribution in [3.63, 3.8) is 0 Å². The SMILES string of the molecule is CCCOc1c(Br)cc(C(=O)NCCCc2nc(C(C)C)no2)cc1OC. The largest absolute Gasteiger partial charge is 0.493 e. The van der Waals surface area contributed by atoms with Crippen LogP contribution >= 0.6 is 15.9 Å². The molecule has 0 saturated carbocycles. The molecule has 0 aliphatic carbocycles. The Morgan fingerprint density at radius 1 is 1.37 bits per heavy atom. The van der Waals surface area contributed by atoms with Crippen molar-refractivity contribution in [2.45, 2.75) is 46.0 Å². The predicted molar refractivity (Wildman–Crippen MR) is 106 cm³/mol. The quantitative estimate of drug-likeness (QED) is 0.560. The van der Waals surface area contributed by atoms with Crippen LogP contribution in [0, 0.1) is 0 Å². The monoisotopic (exact) mass is 439 g/mol. The molecule has 1 aromatic heterocycles. The smallest absolute Gasteiger partial charge is 0.251 e. The standard InChI is InChI=1S/C19H26BrN3O4/c1-5-9-26-17-14(20)10-13(11-15(17)25-4)19(24)21-8-6-7-16-22-18(12(2)3)23-27-16/h10-12H,5-9H2,1-4H3,(H,21,24). The number of nitrogens with one attached hydrogen (secondary N) is 1. The molecule has 1 amide bonds. The molecule has 0 saturated heterocycles. The molecule has 2 rings (SSSR count). The van der Waals surface area contributed by atoms with Gasteiger partial charge in [-0.3, -0.25) is 4.79 Å². The van der Waals surface area contributed by atoms with Crippen molar-refractivity contribution in [3.05, 3.63) is 33.9 Å². The van der Waals surface area contributed by atoms with E-state index in [1.54, 1.807) is 19.2 Å². The van der Waals surface area contributed by atoms with Gasteiger partial charge in [0, 0.05) is 24.4 Å². The van der Waals surface area contributed by atoms with Crippen LogP contribution < -0.4 is 14.8 Å². The van der Waals surface area contributed by atoms with E-state index >= 15 is 0 Å². The lowest BCUT2D eigenvalue weighted by atomic mass is 10.2. The second kappa shape index (κ2) is 10.3. The van der Waals surface area contributed by atoms with Crippen LogP contribution in [0.25, 0.3) is 0 Å². The summed E-state index contributed by atoms with van der Waals surface area (Å²) in [6.45, 7) is 7.14. The van der Waals surface area contributed by atoms with E-state index in [1.807, 2.05) is 20.8 Å². The maximum atomic E-state index is 12.4. The molecule has 0 aliphatic rings. The lowest BCUT2D eigenvalue weighted by Crippen LogP contribution is -2.25. The van der Waals surface area contributed by atoms with Crippen LogP contribution in [0.3, 0.4) is 0 Å². The van der Waals surface area contributed by atoms with E-state index in [-0.39, 0.29) is 11.8 Å². The Labute approximate surface area is 167 Å². The molecule has 1 heterocycles. The third-order valence-corrected chi connectivity index (χ3v) is 4.38. The van der Waals surface area contributed by atoms with Gasteiger partial charge in [0.05, 0.1) is 18.2 Å². The summed E-state index contributed by atoms with van der Waals surface area (Å²) in [4.78, 5) is 16.7. The molecule has 0 spiro atoms. The van der Waals surface area contributed by atoms with Gasteiger partial charge in [0.1, 0.15) is 0 Å². The molecule has 148 valence electrons. The van der Waals surface area contributed by atoms with Crippen LogP contribution in [-0.4, -0.2) is 36.3 Å². The van der Waals surface area contributed by atoms with Crippen molar-refractivity contribution in [1.82, 2.24) is 15.5 Å². The number of carbonyl (C=O) groups excluding carboxylic acids is 1. The summed E-state index contributed by atoms with van der Waals surface area (Å²) in [6, 6.07) is 3.41. The summed E-state index contributed by atoms with van der Waals surface area (Å²) in [7, 11) is 1.55. The van der Waals surface area contributed by atoms with E-state index in [2.05, 4.69) is 31.4 Å². The third kappa shape index (κ3) is 5.95. The van der Waals surface area contributed by atoms with Gasteiger partial charge in [-0.05, 0) is 40.9 Å². The number of ether oxygens (including phenoxy) is 2. The normalized spacial score (nSPS) is 10.9. The Balaban J connectivity index is 1.90. The van der Waals surface area contributed by atoms with E-state index in [4.69, 9.17) is 14.0 Å². The number of aryl methyl sites for hydroxylation is 1. The van der Waals surface area contributed by atoms with E-state index in [9.17, 15) is 4.79 Å². The molecule has 0 aliphatic heterocycles. The van der Waals surface area contributed by atoms with Crippen LogP contribution in [0.1, 0.15) is 61.6 Å². The molecule has 0 unspecified atom stereocenters. The lowest BCUT2D eigenvalue weighted by Gasteiger charge is -2.14. The molecular weight excluding hydrogens is 414 g/mol. The predicted octanol–water partition coefficient (Wildman–Crippen LogP) is 4.12. The zero-order valence-electron chi connectivity index (χ0n) is 16.2. The molecular formula is C19H26BrN3O4. The van der Waals surface area contributed by atoms with Crippen molar-refractivity contribution < 1.29 is 18.8 Å². The number of nitrogens with zero attached hydrogens (tertiary/aromatic N) is 2. The molecule has 27 heavy (non-hydrogen) atoms. The Bertz CT molecular complexity index is 761. The lowest BCUT2D eigenvalue weighted by molar-refractivity contribution is 0.0952. The van der Waals surface area contributed by atoms with Crippen LogP contribution in [0.5, 0.6) is 11.5 Å². The Morgan fingerprint density at radius 2 is 2.15 bits per heavy atom. The number of hydrogen-bond donors (Lipinski definition) is 1. The fourth-order valence-corrected chi connectivity index (χ4v) is 2.90. The highest BCUT2D eigenvalue weighted by atomic mass is 79.9. The Morgan fingerprint density at radius 3 is 2.78 bits per heavy atom. The van der Waals surface area contributed by atoms with Gasteiger partial charge < -0.3 is 19.3 Å². The average Bonchev–Trinajstić information content (AvgIpc) is 3.12. The van der Waals surface area contributed by atoms with Gasteiger partial charge in [0.25, 0.3) is 5.91 Å². The first-order valence-electron chi connectivity index (χ1n) is 9.07. The van der Waals surface area contributed by atoms with Gasteiger partial charge in [-0.15, -0.1) is 0 Å². The van der Waals surface area contributed by atoms with Gasteiger partial charge in [-0.1, -0.05) is 25.9 Å². The van der Waals surface area contributed by atoms with E-state index in [1.165, 1.54) is 0 Å². The second-order valence-electron chi connectivity index (χ2n) is 6.40. The first-order valence-corrected chi connectivity index (χ1v) is 9.86. The molecule has 8 heteroatoms. The first-order chi connectivity index (χ1) is 13.0. The topological polar surface area (TPSA) is 86.5 Å². The summed E-state index contributed by atoms with van der Waals surface area (Å²) in [5, 5.41) is 6.82. The summed E-state index contributed by atoms with van der Waals surface area (Å²) in [5.41, 5.74) is 0.502. The molecule has 0 bridgehead atoms. The van der Waals surface area contributed by atoms with Gasteiger partial charge in [-0.2, -0.15) is 4.98 Å². The number of amides is 1. The molecule has 1 aromatic carbocycles. The highest BCUT2D eigenvalue weighted by molar-refractivity contribution is 9.10. The maximum absolute atomic E-state index is 12.4. The summed E-state index contributed by atoms with van der Waals surface area (Å²) < 4.78 is 16.9. The van der Waals surface area contributed by atoms with Gasteiger partial charge in [-0.25, -0.2) is 0 Å². The average molecular weight is 440 g/mol. The van der Waals surface area contributed by atoms with Crippen LogP contribution in [-0.2, 0) is 6.42 Å². The summed E-state index contributed by atoms with van der Waals surface area (Å²) >= 11 is 3.45. The number of rotatable bonds is 10. The van der Waals surface area contributed by atoms with Crippen molar-refractivity contribution in [2.75, 3.05) is 20.3 Å². The van der Waals surface area contributed by atoms with Crippen molar-refractivity contribution in [3.8, 4) is 11.5 Å². The minimum atomic E-state index is -0.176. The van der Waals surface area contributed by atoms with Crippen LogP contribution in [0.4, 0.5) is 0 Å². The molecule has 0 radical (unpaired) electrons. The highest BCUT2D eigenvalue weighted by Crippen LogP contribution is 2.36. The van der Waals surface area contributed by atoms with E-state index in [0.717, 1.165) is 6.42 Å². The third-order valence-electron chi connectivity index (χ3n) is 3.80. The van der Waals surface area contributed by atoms with E-state index in [0.29, 0.717) is 59.2 Å². The number of aromatic nitrogens is 2. The number of benzene rings is 1. The molecule has 0 fully saturated rings. The number of carbonyl (C=O) groups is 1. The first kappa shape index (κ1) is 21.2. The minimum absolute atomic E-state index is 0.176. The number of halogens is 1. The minimum Gasteiger partial charge on any atom is -0.493 e. The fourth-order valence-electron chi connectivity index (χ4n) is 2.34. The van der Waals surface area contributed by atoms with Crippen molar-refractivity contribution in [2.24, 2.45) is 0 Å². The molecule has 1 N–H and O–H groups in total. The van der Waals surface area contributed by atoms with E-state index < -0.39 is 0 Å². The van der Waals surface area contributed by atoms with Gasteiger partial charge in [0.15, 0.2) is 17.3 Å². The molecule has 0 atom stereocenters. The summed E-state index contributed by atoms with van der Waals surface area (Å²) in [5.74, 6) is 2.48. The zero-order chi connectivity index (χ0) is 19.8. The van der Waals surface area contributed by atoms with Crippen LogP contribution in [0.15, 0.2) is 21.1 Å². The highest BCUT2D eigenvalue weighted by Gasteiger charge is 2.15. The van der Waals surface area contributed by atoms with Gasteiger partial charge in [0.2, 0.25) is 5.89 Å². The summed E-state index contributed by atoms with van der Waals surface area (Å²) in [6.07, 6.45) is 2.22. The number of methoxy groups -OCH3 is 1. The second-order valence-corrected chi connectivity index (χ2v) is 7.25. The zero-order valence-corrected chi connectivity index (χ0v) is 17.8. The van der Waals surface area contributed by atoms with Crippen molar-refractivity contribution in [1.29, 1.82) is 0 Å². The molecule has 2 aromatic rings. The Hall–Kier alpha value is -2.09. The number of hydrogen-bond acceptors (Lipinski definition) is 6. The molecule has 7 nitrogen and oxygen atoms in total. The fraction of sp³-hybridized carbons (Fsp3) is 0.526. The van der Waals surface area contributed by atoms with Crippen molar-refractivity contribution >= 4 is 21.8 Å². The Kier molecular flexibility index (Phi) is 8.09. The van der Waals surface area contributed by atoms with Gasteiger partial charge >= 0.3 is 0 Å². The maximum Gasteiger partial charge on any atom is 0.251 e. The van der Waals surface area contributed by atoms with Crippen LogP contribution in [0.2, 0.25) is 0 Å².